The molecule has 2 rings (SSSR count). The van der Waals surface area contributed by atoms with E-state index in [1.807, 2.05) is 0 Å². The fraction of sp³-hybridized carbons (Fsp3) is 0.364. The molecule has 4 nitrogen and oxygen atoms in total. The number of nitrogens with two attached hydrogens (primary N) is 1. The van der Waals surface area contributed by atoms with Gasteiger partial charge in [-0.25, -0.2) is 0 Å². The molecule has 0 spiro atoms. The maximum Gasteiger partial charge on any atom is 0.321 e. The first-order valence-electron chi connectivity index (χ1n) is 4.95. The number of aliphatic carboxylic acids is 1. The molecule has 5 heteroatoms. The van der Waals surface area contributed by atoms with E-state index in [-0.39, 0.29) is 10.8 Å². The number of aromatic hydroxyl groups is 1. The van der Waals surface area contributed by atoms with Crippen molar-refractivity contribution in [1.29, 1.82) is 0 Å². The second kappa shape index (κ2) is 3.64. The molecule has 0 bridgehead atoms. The molecule has 1 saturated carbocycles. The molecule has 1 aliphatic carbocycles. The van der Waals surface area contributed by atoms with Crippen molar-refractivity contribution in [2.24, 2.45) is 5.73 Å². The summed E-state index contributed by atoms with van der Waals surface area (Å²) in [6, 6.07) is 3.81. The van der Waals surface area contributed by atoms with Gasteiger partial charge in [-0.2, -0.15) is 0 Å². The van der Waals surface area contributed by atoms with Gasteiger partial charge in [0.05, 0.1) is 5.02 Å². The Morgan fingerprint density at radius 3 is 2.56 bits per heavy atom. The second-order valence-electron chi connectivity index (χ2n) is 4.14. The Morgan fingerprint density at radius 1 is 1.50 bits per heavy atom. The zero-order valence-corrected chi connectivity index (χ0v) is 9.24. The minimum Gasteiger partial charge on any atom is -0.506 e. The molecule has 1 atom stereocenters. The van der Waals surface area contributed by atoms with Crippen molar-refractivity contribution in [2.45, 2.75) is 24.3 Å². The van der Waals surface area contributed by atoms with Gasteiger partial charge in [0.25, 0.3) is 0 Å². The third-order valence-electron chi connectivity index (χ3n) is 3.17. The maximum atomic E-state index is 10.9. The fourth-order valence-electron chi connectivity index (χ4n) is 1.97. The number of phenolic OH excluding ortho intramolecular Hbond substituents is 1. The summed E-state index contributed by atoms with van der Waals surface area (Å²) in [6.45, 7) is 0. The molecule has 1 fully saturated rings. The Bertz CT molecular complexity index is 443. The zero-order valence-electron chi connectivity index (χ0n) is 8.48. The Kier molecular flexibility index (Phi) is 2.56. The van der Waals surface area contributed by atoms with Crippen LogP contribution < -0.4 is 5.73 Å². The summed E-state index contributed by atoms with van der Waals surface area (Å²) in [4.78, 5) is 10.9. The number of rotatable bonds is 3. The summed E-state index contributed by atoms with van der Waals surface area (Å²) >= 11 is 5.79. The van der Waals surface area contributed by atoms with E-state index in [4.69, 9.17) is 22.4 Å². The molecule has 0 radical (unpaired) electrons. The number of phenols is 1. The number of carboxylic acids is 1. The SMILES string of the molecule is NC(C(=O)O)C1(c2ccc(O)c(Cl)c2)CC1. The first-order chi connectivity index (χ1) is 7.47. The van der Waals surface area contributed by atoms with Gasteiger partial charge in [-0.1, -0.05) is 17.7 Å². The van der Waals surface area contributed by atoms with E-state index in [0.29, 0.717) is 0 Å². The maximum absolute atomic E-state index is 10.9. The predicted molar refractivity (Wildman–Crippen MR) is 59.6 cm³/mol. The summed E-state index contributed by atoms with van der Waals surface area (Å²) in [5.74, 6) is -1.02. The van der Waals surface area contributed by atoms with Crippen molar-refractivity contribution in [3.8, 4) is 5.75 Å². The van der Waals surface area contributed by atoms with E-state index < -0.39 is 17.4 Å². The highest BCUT2D eigenvalue weighted by Crippen LogP contribution is 2.51. The lowest BCUT2D eigenvalue weighted by Crippen LogP contribution is -2.41. The Balaban J connectivity index is 2.37. The smallest absolute Gasteiger partial charge is 0.321 e. The number of hydrogen-bond acceptors (Lipinski definition) is 3. The van der Waals surface area contributed by atoms with Crippen molar-refractivity contribution in [3.63, 3.8) is 0 Å². The molecule has 1 aromatic rings. The van der Waals surface area contributed by atoms with Crippen LogP contribution in [0.4, 0.5) is 0 Å². The van der Waals surface area contributed by atoms with Crippen molar-refractivity contribution in [1.82, 2.24) is 0 Å². The monoisotopic (exact) mass is 241 g/mol. The number of carbonyl (C=O) groups is 1. The van der Waals surface area contributed by atoms with E-state index in [9.17, 15) is 9.90 Å². The summed E-state index contributed by atoms with van der Waals surface area (Å²) < 4.78 is 0. The van der Waals surface area contributed by atoms with Crippen molar-refractivity contribution < 1.29 is 15.0 Å². The van der Waals surface area contributed by atoms with E-state index in [0.717, 1.165) is 18.4 Å². The molecule has 4 N–H and O–H groups in total. The topological polar surface area (TPSA) is 83.6 Å². The van der Waals surface area contributed by atoms with Gasteiger partial charge in [-0.3, -0.25) is 4.79 Å². The van der Waals surface area contributed by atoms with Gasteiger partial charge in [-0.15, -0.1) is 0 Å². The van der Waals surface area contributed by atoms with E-state index in [2.05, 4.69) is 0 Å². The molecule has 0 aromatic heterocycles. The Hall–Kier alpha value is -1.26. The molecule has 1 aliphatic rings. The lowest BCUT2D eigenvalue weighted by molar-refractivity contribution is -0.139. The number of hydrogen-bond donors (Lipinski definition) is 3. The molecular weight excluding hydrogens is 230 g/mol. The van der Waals surface area contributed by atoms with Crippen LogP contribution in [-0.4, -0.2) is 22.2 Å². The van der Waals surface area contributed by atoms with Crippen LogP contribution in [0.5, 0.6) is 5.75 Å². The van der Waals surface area contributed by atoms with Gasteiger partial charge < -0.3 is 15.9 Å². The molecule has 0 aliphatic heterocycles. The van der Waals surface area contributed by atoms with Crippen LogP contribution in [0.25, 0.3) is 0 Å². The van der Waals surface area contributed by atoms with E-state index >= 15 is 0 Å². The molecule has 86 valence electrons. The summed E-state index contributed by atoms with van der Waals surface area (Å²) in [5.41, 5.74) is 5.94. The van der Waals surface area contributed by atoms with Crippen LogP contribution in [0.1, 0.15) is 18.4 Å². The van der Waals surface area contributed by atoms with Crippen LogP contribution in [0, 0.1) is 0 Å². The molecule has 0 heterocycles. The Morgan fingerprint density at radius 2 is 2.12 bits per heavy atom. The summed E-state index contributed by atoms with van der Waals surface area (Å²) in [7, 11) is 0. The van der Waals surface area contributed by atoms with Crippen molar-refractivity contribution in [2.75, 3.05) is 0 Å². The van der Waals surface area contributed by atoms with Crippen LogP contribution in [0.3, 0.4) is 0 Å². The van der Waals surface area contributed by atoms with Gasteiger partial charge in [0.2, 0.25) is 0 Å². The van der Waals surface area contributed by atoms with Crippen molar-refractivity contribution in [3.05, 3.63) is 28.8 Å². The molecular formula is C11H12ClNO3. The van der Waals surface area contributed by atoms with Gasteiger partial charge >= 0.3 is 5.97 Å². The van der Waals surface area contributed by atoms with Gasteiger partial charge in [0, 0.05) is 5.41 Å². The number of halogens is 1. The summed E-state index contributed by atoms with van der Waals surface area (Å²) in [6.07, 6.45) is 1.48. The third kappa shape index (κ3) is 1.64. The minimum absolute atomic E-state index is 0.00915. The lowest BCUT2D eigenvalue weighted by Gasteiger charge is -2.20. The third-order valence-corrected chi connectivity index (χ3v) is 3.48. The van der Waals surface area contributed by atoms with Crippen LogP contribution >= 0.6 is 11.6 Å². The average Bonchev–Trinajstić information content (AvgIpc) is 3.02. The molecule has 0 saturated heterocycles. The van der Waals surface area contributed by atoms with Crippen LogP contribution in [0.2, 0.25) is 5.02 Å². The first kappa shape index (κ1) is 11.2. The zero-order chi connectivity index (χ0) is 11.9. The quantitative estimate of drug-likeness (QED) is 0.749. The molecule has 1 aromatic carbocycles. The highest BCUT2D eigenvalue weighted by Gasteiger charge is 2.52. The molecule has 16 heavy (non-hydrogen) atoms. The Labute approximate surface area is 97.6 Å². The normalized spacial score (nSPS) is 19.1. The summed E-state index contributed by atoms with van der Waals surface area (Å²) in [5, 5.41) is 18.5. The average molecular weight is 242 g/mol. The van der Waals surface area contributed by atoms with Gasteiger partial charge in [0.15, 0.2) is 0 Å². The predicted octanol–water partition coefficient (Wildman–Crippen LogP) is 1.49. The van der Waals surface area contributed by atoms with E-state index in [1.165, 1.54) is 6.07 Å². The van der Waals surface area contributed by atoms with Crippen LogP contribution in [0.15, 0.2) is 18.2 Å². The molecule has 0 amide bonds. The lowest BCUT2D eigenvalue weighted by atomic mass is 9.88. The van der Waals surface area contributed by atoms with Gasteiger partial charge in [0.1, 0.15) is 11.8 Å². The highest BCUT2D eigenvalue weighted by molar-refractivity contribution is 6.32. The van der Waals surface area contributed by atoms with E-state index in [1.54, 1.807) is 12.1 Å². The number of benzene rings is 1. The standard InChI is InChI=1S/C11H12ClNO3/c12-7-5-6(1-2-8(7)14)11(3-4-11)9(13)10(15)16/h1-2,5,9,14H,3-4,13H2,(H,15,16). The van der Waals surface area contributed by atoms with Gasteiger partial charge in [-0.05, 0) is 30.5 Å². The fourth-order valence-corrected chi connectivity index (χ4v) is 2.15. The largest absolute Gasteiger partial charge is 0.506 e. The van der Waals surface area contributed by atoms with Crippen molar-refractivity contribution >= 4 is 17.6 Å². The minimum atomic E-state index is -1.01. The van der Waals surface area contributed by atoms with Crippen LogP contribution in [-0.2, 0) is 10.2 Å². The second-order valence-corrected chi connectivity index (χ2v) is 4.55. The highest BCUT2D eigenvalue weighted by atomic mass is 35.5. The molecule has 1 unspecified atom stereocenters. The number of carboxylic acid groups (broad SMARTS) is 1. The first-order valence-corrected chi connectivity index (χ1v) is 5.32.